The number of ether oxygens (including phenoxy) is 1. The van der Waals surface area contributed by atoms with Crippen LogP contribution in [0.15, 0.2) is 6.07 Å². The van der Waals surface area contributed by atoms with Crippen LogP contribution in [0.2, 0.25) is 0 Å². The fourth-order valence-corrected chi connectivity index (χ4v) is 1.14. The predicted molar refractivity (Wildman–Crippen MR) is 57.6 cm³/mol. The molecule has 1 aromatic rings. The van der Waals surface area contributed by atoms with Gasteiger partial charge in [-0.2, -0.15) is 4.98 Å². The van der Waals surface area contributed by atoms with Crippen molar-refractivity contribution in [2.45, 2.75) is 26.2 Å². The van der Waals surface area contributed by atoms with Crippen molar-refractivity contribution in [3.63, 3.8) is 0 Å². The monoisotopic (exact) mass is 211 g/mol. The smallest absolute Gasteiger partial charge is 0.218 e. The third-order valence-electron chi connectivity index (χ3n) is 1.79. The maximum atomic E-state index is 8.60. The number of nitrogens with zero attached hydrogens (tertiary/aromatic N) is 2. The summed E-state index contributed by atoms with van der Waals surface area (Å²) in [5.41, 5.74) is 5.61. The van der Waals surface area contributed by atoms with E-state index >= 15 is 0 Å². The molecule has 0 aliphatic carbocycles. The third-order valence-corrected chi connectivity index (χ3v) is 1.79. The molecule has 84 valence electrons. The Labute approximate surface area is 89.3 Å². The first-order valence-electron chi connectivity index (χ1n) is 5.13. The molecular formula is C10H17N3O2. The van der Waals surface area contributed by atoms with Crippen molar-refractivity contribution >= 4 is 5.82 Å². The molecule has 0 aliphatic heterocycles. The zero-order chi connectivity index (χ0) is 11.1. The second kappa shape index (κ2) is 6.19. The Morgan fingerprint density at radius 2 is 2.27 bits per heavy atom. The van der Waals surface area contributed by atoms with Gasteiger partial charge in [0.1, 0.15) is 11.6 Å². The van der Waals surface area contributed by atoms with E-state index < -0.39 is 0 Å². The average molecular weight is 211 g/mol. The molecule has 0 aromatic carbocycles. The zero-order valence-corrected chi connectivity index (χ0v) is 8.94. The van der Waals surface area contributed by atoms with Crippen LogP contribution in [0.1, 0.15) is 25.6 Å². The number of aryl methyl sites for hydroxylation is 1. The topological polar surface area (TPSA) is 81.3 Å². The molecule has 0 amide bonds. The number of aromatic nitrogens is 2. The van der Waals surface area contributed by atoms with Crippen molar-refractivity contribution < 1.29 is 9.84 Å². The molecule has 1 aromatic heterocycles. The van der Waals surface area contributed by atoms with Gasteiger partial charge in [-0.1, -0.05) is 6.92 Å². The van der Waals surface area contributed by atoms with Crippen LogP contribution >= 0.6 is 0 Å². The van der Waals surface area contributed by atoms with Crippen molar-refractivity contribution in [1.29, 1.82) is 0 Å². The summed E-state index contributed by atoms with van der Waals surface area (Å²) in [5, 5.41) is 8.60. The molecule has 0 radical (unpaired) electrons. The van der Waals surface area contributed by atoms with Crippen molar-refractivity contribution in [3.8, 4) is 5.88 Å². The number of anilines is 1. The van der Waals surface area contributed by atoms with Gasteiger partial charge < -0.3 is 15.6 Å². The minimum Gasteiger partial charge on any atom is -0.477 e. The molecular weight excluding hydrogens is 194 g/mol. The minimum absolute atomic E-state index is 0.113. The van der Waals surface area contributed by atoms with Gasteiger partial charge >= 0.3 is 0 Å². The molecule has 0 saturated heterocycles. The van der Waals surface area contributed by atoms with E-state index in [1.54, 1.807) is 6.07 Å². The maximum Gasteiger partial charge on any atom is 0.218 e. The van der Waals surface area contributed by atoms with Gasteiger partial charge in [-0.05, 0) is 6.42 Å². The van der Waals surface area contributed by atoms with E-state index in [0.717, 1.165) is 12.8 Å². The van der Waals surface area contributed by atoms with Crippen molar-refractivity contribution in [1.82, 2.24) is 9.97 Å². The molecule has 0 aliphatic rings. The molecule has 5 heteroatoms. The number of hydrogen-bond acceptors (Lipinski definition) is 5. The first kappa shape index (κ1) is 11.7. The number of nitrogens with two attached hydrogens (primary N) is 1. The fraction of sp³-hybridized carbons (Fsp3) is 0.600. The predicted octanol–water partition coefficient (Wildman–Crippen LogP) is 0.772. The average Bonchev–Trinajstić information content (AvgIpc) is 2.18. The standard InChI is InChI=1S/C10H17N3O2/c1-2-4-9-12-8(11)7-10(13-9)15-6-3-5-14/h7,14H,2-6H2,1H3,(H2,11,12,13). The molecule has 5 nitrogen and oxygen atoms in total. The summed E-state index contributed by atoms with van der Waals surface area (Å²) >= 11 is 0. The first-order chi connectivity index (χ1) is 7.26. The second-order valence-corrected chi connectivity index (χ2v) is 3.22. The van der Waals surface area contributed by atoms with Gasteiger partial charge in [0.15, 0.2) is 0 Å². The van der Waals surface area contributed by atoms with E-state index in [1.165, 1.54) is 0 Å². The van der Waals surface area contributed by atoms with E-state index in [9.17, 15) is 0 Å². The lowest BCUT2D eigenvalue weighted by Crippen LogP contribution is -2.05. The van der Waals surface area contributed by atoms with Gasteiger partial charge in [0.25, 0.3) is 0 Å². The largest absolute Gasteiger partial charge is 0.477 e. The van der Waals surface area contributed by atoms with Crippen LogP contribution in [-0.4, -0.2) is 28.3 Å². The SMILES string of the molecule is CCCc1nc(N)cc(OCCCO)n1. The highest BCUT2D eigenvalue weighted by Gasteiger charge is 2.02. The molecule has 0 spiro atoms. The summed E-state index contributed by atoms with van der Waals surface area (Å²) in [6.07, 6.45) is 2.36. The minimum atomic E-state index is 0.113. The van der Waals surface area contributed by atoms with Crippen LogP contribution < -0.4 is 10.5 Å². The summed E-state index contributed by atoms with van der Waals surface area (Å²) in [6.45, 7) is 2.61. The van der Waals surface area contributed by atoms with Gasteiger partial charge in [-0.15, -0.1) is 0 Å². The van der Waals surface area contributed by atoms with Crippen LogP contribution in [0.5, 0.6) is 5.88 Å². The van der Waals surface area contributed by atoms with E-state index in [4.69, 9.17) is 15.6 Å². The lowest BCUT2D eigenvalue weighted by molar-refractivity contribution is 0.229. The van der Waals surface area contributed by atoms with Crippen LogP contribution in [0.3, 0.4) is 0 Å². The Morgan fingerprint density at radius 1 is 1.47 bits per heavy atom. The van der Waals surface area contributed by atoms with Crippen LogP contribution in [0.4, 0.5) is 5.82 Å². The number of aliphatic hydroxyl groups excluding tert-OH is 1. The summed E-state index contributed by atoms with van der Waals surface area (Å²) in [6, 6.07) is 1.59. The van der Waals surface area contributed by atoms with Gasteiger partial charge in [0.2, 0.25) is 5.88 Å². The molecule has 0 atom stereocenters. The number of aliphatic hydroxyl groups is 1. The number of nitrogen functional groups attached to an aromatic ring is 1. The van der Waals surface area contributed by atoms with E-state index in [2.05, 4.69) is 16.9 Å². The molecule has 0 saturated carbocycles. The Balaban J connectivity index is 2.62. The zero-order valence-electron chi connectivity index (χ0n) is 8.94. The molecule has 1 heterocycles. The van der Waals surface area contributed by atoms with Crippen molar-refractivity contribution in [2.75, 3.05) is 18.9 Å². The normalized spacial score (nSPS) is 10.3. The quantitative estimate of drug-likeness (QED) is 0.679. The molecule has 0 bridgehead atoms. The highest BCUT2D eigenvalue weighted by Crippen LogP contribution is 2.12. The van der Waals surface area contributed by atoms with E-state index in [1.807, 2.05) is 0 Å². The first-order valence-corrected chi connectivity index (χ1v) is 5.13. The van der Waals surface area contributed by atoms with E-state index in [0.29, 0.717) is 30.5 Å². The van der Waals surface area contributed by atoms with Crippen molar-refractivity contribution in [3.05, 3.63) is 11.9 Å². The molecule has 1 rings (SSSR count). The van der Waals surface area contributed by atoms with Crippen LogP contribution in [0, 0.1) is 0 Å². The van der Waals surface area contributed by atoms with Gasteiger partial charge in [0, 0.05) is 25.5 Å². The van der Waals surface area contributed by atoms with Gasteiger partial charge in [0.05, 0.1) is 6.61 Å². The summed E-state index contributed by atoms with van der Waals surface area (Å²) in [5.74, 6) is 1.61. The molecule has 3 N–H and O–H groups in total. The van der Waals surface area contributed by atoms with Crippen molar-refractivity contribution in [2.24, 2.45) is 0 Å². The lowest BCUT2D eigenvalue weighted by atomic mass is 10.3. The van der Waals surface area contributed by atoms with Gasteiger partial charge in [-0.3, -0.25) is 0 Å². The summed E-state index contributed by atoms with van der Waals surface area (Å²) in [7, 11) is 0. The molecule has 0 unspecified atom stereocenters. The van der Waals surface area contributed by atoms with E-state index in [-0.39, 0.29) is 6.61 Å². The Bertz CT molecular complexity index is 305. The van der Waals surface area contributed by atoms with Gasteiger partial charge in [-0.25, -0.2) is 4.98 Å². The van der Waals surface area contributed by atoms with Crippen LogP contribution in [-0.2, 0) is 6.42 Å². The molecule has 15 heavy (non-hydrogen) atoms. The molecule has 0 fully saturated rings. The highest BCUT2D eigenvalue weighted by molar-refractivity contribution is 5.32. The summed E-state index contributed by atoms with van der Waals surface area (Å²) in [4.78, 5) is 8.29. The van der Waals surface area contributed by atoms with Crippen LogP contribution in [0.25, 0.3) is 0 Å². The highest BCUT2D eigenvalue weighted by atomic mass is 16.5. The Morgan fingerprint density at radius 3 is 2.93 bits per heavy atom. The third kappa shape index (κ3) is 4.12. The lowest BCUT2D eigenvalue weighted by Gasteiger charge is -2.06. The summed E-state index contributed by atoms with van der Waals surface area (Å²) < 4.78 is 5.32. The Hall–Kier alpha value is -1.36. The fourth-order valence-electron chi connectivity index (χ4n) is 1.14. The second-order valence-electron chi connectivity index (χ2n) is 3.22. The Kier molecular flexibility index (Phi) is 4.83. The number of hydrogen-bond donors (Lipinski definition) is 2. The number of rotatable bonds is 6. The maximum absolute atomic E-state index is 8.60.